The van der Waals surface area contributed by atoms with E-state index in [2.05, 4.69) is 16.6 Å². The Hall–Kier alpha value is -3.49. The Labute approximate surface area is 166 Å². The predicted molar refractivity (Wildman–Crippen MR) is 109 cm³/mol. The summed E-state index contributed by atoms with van der Waals surface area (Å²) in [5.41, 5.74) is 12.3. The fourth-order valence-electron chi connectivity index (χ4n) is 2.46. The molecule has 0 radical (unpaired) electrons. The molecule has 2 aromatic carbocycles. The van der Waals surface area contributed by atoms with E-state index in [1.54, 1.807) is 37.2 Å². The smallest absolute Gasteiger partial charge is 0.415 e. The fourth-order valence-corrected chi connectivity index (χ4v) is 2.46. The van der Waals surface area contributed by atoms with E-state index in [0.717, 1.165) is 0 Å². The average molecular weight is 405 g/mol. The van der Waals surface area contributed by atoms with Crippen molar-refractivity contribution in [1.29, 1.82) is 0 Å². The lowest BCUT2D eigenvalue weighted by molar-refractivity contribution is -0.148. The van der Waals surface area contributed by atoms with Gasteiger partial charge in [0.25, 0.3) is 0 Å². The Bertz CT molecular complexity index is 937. The zero-order valence-corrected chi connectivity index (χ0v) is 16.0. The van der Waals surface area contributed by atoms with Crippen LogP contribution in [0.15, 0.2) is 65.1 Å². The van der Waals surface area contributed by atoms with E-state index in [-0.39, 0.29) is 17.0 Å². The molecule has 0 aliphatic heterocycles. The van der Waals surface area contributed by atoms with E-state index in [4.69, 9.17) is 11.5 Å². The second-order valence-electron chi connectivity index (χ2n) is 6.38. The number of halogens is 3. The van der Waals surface area contributed by atoms with Gasteiger partial charge in [0.15, 0.2) is 23.5 Å². The molecule has 0 aromatic heterocycles. The van der Waals surface area contributed by atoms with Gasteiger partial charge in [-0.25, -0.2) is 9.98 Å². The second-order valence-corrected chi connectivity index (χ2v) is 6.38. The third-order valence-electron chi connectivity index (χ3n) is 4.06. The van der Waals surface area contributed by atoms with E-state index >= 15 is 0 Å². The number of benzene rings is 2. The van der Waals surface area contributed by atoms with Crippen molar-refractivity contribution in [2.75, 3.05) is 14.1 Å². The molecule has 5 N–H and O–H groups in total. The van der Waals surface area contributed by atoms with Crippen LogP contribution in [-0.4, -0.2) is 41.9 Å². The summed E-state index contributed by atoms with van der Waals surface area (Å²) >= 11 is 0. The standard InChI is InChI=1S/C20H22F3N5O/c1-12(28(2)3)14-10-7-11-15(16(14)29)26-18(24)19(25)27-17(20(21,22)23)13-8-5-4-6-9-13/h4-11,17,29H,1H2,2-3H3,(H2,24,26)(H2,25,27)/t17-/m0/s1. The van der Waals surface area contributed by atoms with Gasteiger partial charge >= 0.3 is 6.18 Å². The molecule has 0 spiro atoms. The number of nitrogens with two attached hydrogens (primary N) is 2. The summed E-state index contributed by atoms with van der Waals surface area (Å²) in [5, 5.41) is 10.4. The van der Waals surface area contributed by atoms with Gasteiger partial charge < -0.3 is 21.5 Å². The van der Waals surface area contributed by atoms with Crippen molar-refractivity contribution >= 4 is 23.1 Å². The molecule has 2 rings (SSSR count). The summed E-state index contributed by atoms with van der Waals surface area (Å²) in [6.45, 7) is 3.85. The number of rotatable bonds is 5. The second kappa shape index (κ2) is 8.68. The molecule has 29 heavy (non-hydrogen) atoms. The summed E-state index contributed by atoms with van der Waals surface area (Å²) in [4.78, 5) is 9.18. The number of phenolic OH excluding ortho intramolecular Hbond substituents is 1. The monoisotopic (exact) mass is 405 g/mol. The van der Waals surface area contributed by atoms with Gasteiger partial charge in [-0.05, 0) is 17.7 Å². The van der Waals surface area contributed by atoms with Crippen LogP contribution in [0.25, 0.3) is 5.70 Å². The highest BCUT2D eigenvalue weighted by molar-refractivity contribution is 6.39. The maximum absolute atomic E-state index is 13.4. The molecule has 0 heterocycles. The average Bonchev–Trinajstić information content (AvgIpc) is 2.66. The van der Waals surface area contributed by atoms with Crippen LogP contribution in [0, 0.1) is 0 Å². The first-order chi connectivity index (χ1) is 13.5. The summed E-state index contributed by atoms with van der Waals surface area (Å²) in [5.74, 6) is -1.26. The minimum atomic E-state index is -4.67. The number of amidine groups is 2. The molecule has 2 aromatic rings. The van der Waals surface area contributed by atoms with Gasteiger partial charge in [-0.3, -0.25) is 0 Å². The summed E-state index contributed by atoms with van der Waals surface area (Å²) in [7, 11) is 3.50. The van der Waals surface area contributed by atoms with Crippen LogP contribution in [-0.2, 0) is 0 Å². The van der Waals surface area contributed by atoms with Gasteiger partial charge in [0.1, 0.15) is 5.69 Å². The van der Waals surface area contributed by atoms with E-state index < -0.39 is 23.9 Å². The Balaban J connectivity index is 2.43. The van der Waals surface area contributed by atoms with Crippen molar-refractivity contribution in [3.8, 4) is 5.75 Å². The van der Waals surface area contributed by atoms with Crippen LogP contribution in [0.4, 0.5) is 18.9 Å². The molecule has 9 heteroatoms. The lowest BCUT2D eigenvalue weighted by Crippen LogP contribution is -2.33. The zero-order chi connectivity index (χ0) is 21.8. The molecule has 154 valence electrons. The van der Waals surface area contributed by atoms with Gasteiger partial charge in [-0.1, -0.05) is 43.0 Å². The van der Waals surface area contributed by atoms with E-state index in [1.165, 1.54) is 30.3 Å². The van der Waals surface area contributed by atoms with E-state index in [1.807, 2.05) is 0 Å². The first-order valence-electron chi connectivity index (χ1n) is 8.50. The van der Waals surface area contributed by atoms with Crippen LogP contribution in [0.2, 0.25) is 0 Å². The summed E-state index contributed by atoms with van der Waals surface area (Å²) in [6.07, 6.45) is -4.67. The number of hydrogen-bond donors (Lipinski definition) is 3. The molecule has 0 bridgehead atoms. The molecular formula is C20H22F3N5O. The lowest BCUT2D eigenvalue weighted by atomic mass is 10.1. The van der Waals surface area contributed by atoms with Crippen molar-refractivity contribution in [3.63, 3.8) is 0 Å². The number of aromatic hydroxyl groups is 1. The largest absolute Gasteiger partial charge is 0.505 e. The first kappa shape index (κ1) is 21.8. The maximum atomic E-state index is 13.4. The van der Waals surface area contributed by atoms with Crippen molar-refractivity contribution in [2.24, 2.45) is 21.5 Å². The van der Waals surface area contributed by atoms with Crippen molar-refractivity contribution in [1.82, 2.24) is 4.90 Å². The third-order valence-corrected chi connectivity index (χ3v) is 4.06. The van der Waals surface area contributed by atoms with Crippen LogP contribution in [0.1, 0.15) is 17.2 Å². The SMILES string of the molecule is C=C(c1cccc(N=C(N)C(N)=N[C@@H](c2ccccc2)C(F)(F)F)c1O)N(C)C. The number of nitrogens with zero attached hydrogens (tertiary/aromatic N) is 3. The fraction of sp³-hybridized carbons (Fsp3) is 0.200. The van der Waals surface area contributed by atoms with Gasteiger partial charge in [-0.15, -0.1) is 0 Å². The molecule has 0 amide bonds. The van der Waals surface area contributed by atoms with Crippen molar-refractivity contribution in [2.45, 2.75) is 12.2 Å². The molecule has 0 saturated heterocycles. The Morgan fingerprint density at radius 3 is 2.21 bits per heavy atom. The van der Waals surface area contributed by atoms with Gasteiger partial charge in [0, 0.05) is 25.4 Å². The molecule has 0 aliphatic carbocycles. The number of phenols is 1. The highest BCUT2D eigenvalue weighted by Crippen LogP contribution is 2.36. The number of alkyl halides is 3. The minimum absolute atomic E-state index is 0.0319. The van der Waals surface area contributed by atoms with Crippen LogP contribution in [0.3, 0.4) is 0 Å². The summed E-state index contributed by atoms with van der Waals surface area (Å²) in [6, 6.07) is 9.61. The molecular weight excluding hydrogens is 383 g/mol. The zero-order valence-electron chi connectivity index (χ0n) is 16.0. The minimum Gasteiger partial charge on any atom is -0.505 e. The maximum Gasteiger partial charge on any atom is 0.415 e. The Kier molecular flexibility index (Phi) is 6.53. The number of para-hydroxylation sites is 1. The summed E-state index contributed by atoms with van der Waals surface area (Å²) < 4.78 is 40.3. The quantitative estimate of drug-likeness (QED) is 0.523. The number of hydrogen-bond acceptors (Lipinski definition) is 4. The molecule has 0 saturated carbocycles. The first-order valence-corrected chi connectivity index (χ1v) is 8.50. The highest BCUT2D eigenvalue weighted by atomic mass is 19.4. The van der Waals surface area contributed by atoms with Crippen LogP contribution >= 0.6 is 0 Å². The van der Waals surface area contributed by atoms with Crippen molar-refractivity contribution < 1.29 is 18.3 Å². The normalized spacial score (nSPS) is 13.8. The van der Waals surface area contributed by atoms with Crippen LogP contribution < -0.4 is 11.5 Å². The third kappa shape index (κ3) is 5.28. The van der Waals surface area contributed by atoms with Crippen molar-refractivity contribution in [3.05, 3.63) is 66.2 Å². The van der Waals surface area contributed by atoms with Crippen LogP contribution in [0.5, 0.6) is 5.75 Å². The molecule has 0 unspecified atom stereocenters. The van der Waals surface area contributed by atoms with E-state index in [9.17, 15) is 18.3 Å². The molecule has 6 nitrogen and oxygen atoms in total. The predicted octanol–water partition coefficient (Wildman–Crippen LogP) is 3.57. The lowest BCUT2D eigenvalue weighted by Gasteiger charge is -2.18. The molecule has 0 fully saturated rings. The van der Waals surface area contributed by atoms with Gasteiger partial charge in [0.05, 0.1) is 0 Å². The topological polar surface area (TPSA) is 100 Å². The van der Waals surface area contributed by atoms with Gasteiger partial charge in [0.2, 0.25) is 0 Å². The number of aliphatic imine (C=N–C) groups is 2. The highest BCUT2D eigenvalue weighted by Gasteiger charge is 2.41. The molecule has 1 atom stereocenters. The molecule has 0 aliphatic rings. The Morgan fingerprint density at radius 2 is 1.66 bits per heavy atom. The van der Waals surface area contributed by atoms with Gasteiger partial charge in [-0.2, -0.15) is 13.2 Å². The van der Waals surface area contributed by atoms with E-state index in [0.29, 0.717) is 11.3 Å². The Morgan fingerprint density at radius 1 is 1.03 bits per heavy atom.